The average Bonchev–Trinajstić information content (AvgIpc) is 3.58. The Kier molecular flexibility index (Phi) is 5.32. The largest absolute Gasteiger partial charge is 0.292 e. The summed E-state index contributed by atoms with van der Waals surface area (Å²) < 4.78 is 44.4. The third-order valence-corrected chi connectivity index (χ3v) is 8.78. The third kappa shape index (κ3) is 4.60. The minimum atomic E-state index is -0.435. The Balaban J connectivity index is 1.28. The molecule has 0 unspecified atom stereocenters. The molecule has 0 bridgehead atoms. The monoisotopic (exact) mass is 604 g/mol. The number of fused-ring (bicyclic) bond motifs is 3. The summed E-state index contributed by atoms with van der Waals surface area (Å²) in [7, 11) is 0. The Morgan fingerprint density at radius 3 is 1.79 bits per heavy atom. The molecule has 220 valence electrons. The van der Waals surface area contributed by atoms with Crippen molar-refractivity contribution in [3.63, 3.8) is 0 Å². The SMILES string of the molecule is [2H]c1c([2H])c([2H])c(-c2nc3ccccc3n2-c2cccc(-c3c4ccccc4c(-c4ccc(-c5cccnc5)cc4)c4ccccc34)c2)c([2H])c1[2H]. The topological polar surface area (TPSA) is 30.7 Å². The van der Waals surface area contributed by atoms with Crippen molar-refractivity contribution in [3.8, 4) is 50.5 Å². The van der Waals surface area contributed by atoms with E-state index in [1.165, 1.54) is 0 Å². The standard InChI is InChI=1S/C44H29N3/c1-2-12-32(13-3-1)44-46-40-21-8-9-22-41(40)47(44)35-16-10-14-33(28-35)43-38-19-6-4-17-36(38)42(37-18-5-7-20-39(37)43)31-25-23-30(24-26-31)34-15-11-27-45-29-34/h1-29H/i1D,2D,3D,12D,13D. The lowest BCUT2D eigenvalue weighted by atomic mass is 9.85. The number of pyridine rings is 1. The van der Waals surface area contributed by atoms with Crippen LogP contribution in [0.2, 0.25) is 0 Å². The summed E-state index contributed by atoms with van der Waals surface area (Å²) in [5.74, 6) is 0.287. The predicted molar refractivity (Wildman–Crippen MR) is 196 cm³/mol. The minimum Gasteiger partial charge on any atom is -0.292 e. The Morgan fingerprint density at radius 2 is 1.11 bits per heavy atom. The Bertz CT molecular complexity index is 2760. The fraction of sp³-hybridized carbons (Fsp3) is 0. The molecule has 0 saturated carbocycles. The van der Waals surface area contributed by atoms with Crippen LogP contribution in [0, 0.1) is 0 Å². The first kappa shape index (κ1) is 22.2. The summed E-state index contributed by atoms with van der Waals surface area (Å²) in [6.45, 7) is 0. The van der Waals surface area contributed by atoms with Gasteiger partial charge in [0.1, 0.15) is 5.82 Å². The maximum absolute atomic E-state index is 8.78. The van der Waals surface area contributed by atoms with E-state index in [-0.39, 0.29) is 23.5 Å². The van der Waals surface area contributed by atoms with Crippen LogP contribution in [0.4, 0.5) is 0 Å². The molecule has 0 aliphatic carbocycles. The molecule has 0 radical (unpaired) electrons. The highest BCUT2D eigenvalue weighted by atomic mass is 15.1. The summed E-state index contributed by atoms with van der Waals surface area (Å²) in [6.07, 6.45) is 3.66. The summed E-state index contributed by atoms with van der Waals surface area (Å²) in [5, 5.41) is 4.46. The van der Waals surface area contributed by atoms with Gasteiger partial charge in [-0.15, -0.1) is 0 Å². The van der Waals surface area contributed by atoms with Gasteiger partial charge in [-0.2, -0.15) is 0 Å². The van der Waals surface area contributed by atoms with Crippen LogP contribution in [0.5, 0.6) is 0 Å². The predicted octanol–water partition coefficient (Wildman–Crippen LogP) is 11.4. The third-order valence-electron chi connectivity index (χ3n) is 8.78. The van der Waals surface area contributed by atoms with Crippen LogP contribution in [0.15, 0.2) is 176 Å². The summed E-state index contributed by atoms with van der Waals surface area (Å²) >= 11 is 0. The van der Waals surface area contributed by atoms with E-state index in [0.717, 1.165) is 66.1 Å². The molecule has 0 saturated heterocycles. The van der Waals surface area contributed by atoms with Crippen molar-refractivity contribution in [2.24, 2.45) is 0 Å². The van der Waals surface area contributed by atoms with Crippen LogP contribution in [0.25, 0.3) is 83.0 Å². The van der Waals surface area contributed by atoms with Crippen molar-refractivity contribution in [3.05, 3.63) is 176 Å². The number of hydrogen-bond acceptors (Lipinski definition) is 2. The fourth-order valence-electron chi connectivity index (χ4n) is 6.73. The van der Waals surface area contributed by atoms with Crippen molar-refractivity contribution in [2.45, 2.75) is 0 Å². The van der Waals surface area contributed by atoms with Gasteiger partial charge in [-0.25, -0.2) is 4.98 Å². The molecule has 3 heteroatoms. The minimum absolute atomic E-state index is 0.0578. The Hall–Kier alpha value is -6.32. The van der Waals surface area contributed by atoms with E-state index in [1.807, 2.05) is 53.2 Å². The van der Waals surface area contributed by atoms with Crippen molar-refractivity contribution < 1.29 is 6.85 Å². The second-order valence-electron chi connectivity index (χ2n) is 11.5. The van der Waals surface area contributed by atoms with E-state index in [2.05, 4.69) is 96.0 Å². The van der Waals surface area contributed by atoms with Crippen LogP contribution in [0.1, 0.15) is 6.85 Å². The number of para-hydroxylation sites is 2. The molecule has 47 heavy (non-hydrogen) atoms. The molecular weight excluding hydrogens is 571 g/mol. The van der Waals surface area contributed by atoms with E-state index >= 15 is 0 Å². The lowest BCUT2D eigenvalue weighted by Crippen LogP contribution is -1.98. The smallest absolute Gasteiger partial charge is 0.145 e. The molecule has 0 spiro atoms. The zero-order valence-electron chi connectivity index (χ0n) is 30.2. The number of benzene rings is 7. The van der Waals surface area contributed by atoms with Gasteiger partial charge in [0, 0.05) is 23.6 Å². The van der Waals surface area contributed by atoms with E-state index in [0.29, 0.717) is 5.52 Å². The van der Waals surface area contributed by atoms with Gasteiger partial charge in [-0.1, -0.05) is 133 Å². The molecule has 0 fully saturated rings. The van der Waals surface area contributed by atoms with Crippen LogP contribution < -0.4 is 0 Å². The van der Waals surface area contributed by atoms with Crippen molar-refractivity contribution in [2.75, 3.05) is 0 Å². The molecule has 0 aliphatic heterocycles. The van der Waals surface area contributed by atoms with Gasteiger partial charge in [0.25, 0.3) is 0 Å². The first-order valence-electron chi connectivity index (χ1n) is 18.0. The molecule has 0 N–H and O–H groups in total. The average molecular weight is 605 g/mol. The summed E-state index contributed by atoms with van der Waals surface area (Å²) in [5.41, 5.74) is 8.75. The highest BCUT2D eigenvalue weighted by Gasteiger charge is 2.19. The molecule has 0 amide bonds. The van der Waals surface area contributed by atoms with Crippen LogP contribution in [-0.4, -0.2) is 14.5 Å². The Labute approximate surface area is 280 Å². The molecule has 2 aromatic heterocycles. The molecule has 0 atom stereocenters. The molecule has 9 aromatic rings. The van der Waals surface area contributed by atoms with Gasteiger partial charge in [-0.3, -0.25) is 9.55 Å². The summed E-state index contributed by atoms with van der Waals surface area (Å²) in [4.78, 5) is 9.15. The van der Waals surface area contributed by atoms with Gasteiger partial charge >= 0.3 is 0 Å². The lowest BCUT2D eigenvalue weighted by Gasteiger charge is -2.19. The van der Waals surface area contributed by atoms with Gasteiger partial charge in [-0.05, 0) is 85.3 Å². The van der Waals surface area contributed by atoms with Gasteiger partial charge in [0.15, 0.2) is 0 Å². The normalized spacial score (nSPS) is 12.9. The van der Waals surface area contributed by atoms with Gasteiger partial charge < -0.3 is 0 Å². The second kappa shape index (κ2) is 11.2. The maximum atomic E-state index is 8.78. The van der Waals surface area contributed by atoms with E-state index in [1.54, 1.807) is 6.20 Å². The first-order valence-corrected chi connectivity index (χ1v) is 15.5. The molecule has 7 aromatic carbocycles. The molecule has 0 aliphatic rings. The van der Waals surface area contributed by atoms with Gasteiger partial charge in [0.2, 0.25) is 0 Å². The van der Waals surface area contributed by atoms with Crippen molar-refractivity contribution in [1.29, 1.82) is 0 Å². The van der Waals surface area contributed by atoms with Crippen molar-refractivity contribution >= 4 is 32.6 Å². The molecular formula is C44H29N3. The zero-order chi connectivity index (χ0) is 35.5. The second-order valence-corrected chi connectivity index (χ2v) is 11.5. The highest BCUT2D eigenvalue weighted by molar-refractivity contribution is 6.21. The maximum Gasteiger partial charge on any atom is 0.145 e. The van der Waals surface area contributed by atoms with Crippen LogP contribution in [0.3, 0.4) is 0 Å². The molecule has 2 heterocycles. The number of imidazole rings is 1. The number of rotatable bonds is 5. The van der Waals surface area contributed by atoms with Gasteiger partial charge in [0.05, 0.1) is 17.9 Å². The van der Waals surface area contributed by atoms with E-state index in [4.69, 9.17) is 11.8 Å². The number of nitrogens with zero attached hydrogens (tertiary/aromatic N) is 3. The van der Waals surface area contributed by atoms with E-state index < -0.39 is 18.1 Å². The highest BCUT2D eigenvalue weighted by Crippen LogP contribution is 2.44. The summed E-state index contributed by atoms with van der Waals surface area (Å²) in [6, 6.07) is 43.6. The van der Waals surface area contributed by atoms with Crippen LogP contribution >= 0.6 is 0 Å². The van der Waals surface area contributed by atoms with Crippen molar-refractivity contribution in [1.82, 2.24) is 14.5 Å². The Morgan fingerprint density at radius 1 is 0.489 bits per heavy atom. The zero-order valence-corrected chi connectivity index (χ0v) is 25.2. The number of aromatic nitrogens is 3. The van der Waals surface area contributed by atoms with Crippen LogP contribution in [-0.2, 0) is 0 Å². The fourth-order valence-corrected chi connectivity index (χ4v) is 6.73. The quantitative estimate of drug-likeness (QED) is 0.183. The molecule has 3 nitrogen and oxygen atoms in total. The first-order chi connectivity index (χ1) is 25.4. The number of hydrogen-bond donors (Lipinski definition) is 0. The van der Waals surface area contributed by atoms with E-state index in [9.17, 15) is 0 Å². The lowest BCUT2D eigenvalue weighted by molar-refractivity contribution is 1.10. The molecule has 9 rings (SSSR count).